The van der Waals surface area contributed by atoms with E-state index in [0.29, 0.717) is 13.1 Å². The van der Waals surface area contributed by atoms with Gasteiger partial charge in [0.15, 0.2) is 0 Å². The monoisotopic (exact) mass is 402 g/mol. The first-order valence-electron chi connectivity index (χ1n) is 9.93. The second-order valence-electron chi connectivity index (χ2n) is 7.68. The highest BCUT2D eigenvalue weighted by molar-refractivity contribution is 5.85. The minimum absolute atomic E-state index is 0.0121. The maximum Gasteiger partial charge on any atom is 0.326 e. The van der Waals surface area contributed by atoms with Crippen molar-refractivity contribution in [3.8, 4) is 0 Å². The van der Waals surface area contributed by atoms with Gasteiger partial charge in [-0.05, 0) is 18.9 Å². The molecule has 0 spiro atoms. The number of carboxylic acid groups (broad SMARTS) is 1. The van der Waals surface area contributed by atoms with Gasteiger partial charge in [-0.3, -0.25) is 14.5 Å². The highest BCUT2D eigenvalue weighted by Crippen LogP contribution is 2.19. The van der Waals surface area contributed by atoms with Gasteiger partial charge in [-0.25, -0.2) is 4.79 Å². The molecule has 0 aliphatic carbocycles. The lowest BCUT2D eigenvalue weighted by molar-refractivity contribution is -0.150. The number of β-amino-alcohol motifs (C(OH)–C–C–N with tert-alkyl or cyclic N) is 1. The third-order valence-electron chi connectivity index (χ3n) is 4.89. The first-order chi connectivity index (χ1) is 13.1. The predicted octanol–water partition coefficient (Wildman–Crippen LogP) is 0.131. The number of likely N-dealkylation sites (tertiary alicyclic amines) is 1. The van der Waals surface area contributed by atoms with Crippen LogP contribution in [0.1, 0.15) is 52.9 Å². The highest BCUT2D eigenvalue weighted by Gasteiger charge is 2.35. The lowest BCUT2D eigenvalue weighted by Crippen LogP contribution is -2.55. The molecular formula is C19H34N2O7. The number of ether oxygens (including phenoxy) is 1. The Labute approximate surface area is 166 Å². The number of amides is 1. The minimum Gasteiger partial charge on any atom is -0.480 e. The van der Waals surface area contributed by atoms with Crippen molar-refractivity contribution in [2.24, 2.45) is 5.92 Å². The summed E-state index contributed by atoms with van der Waals surface area (Å²) >= 11 is 0. The molecule has 9 heteroatoms. The van der Waals surface area contributed by atoms with E-state index >= 15 is 0 Å². The van der Waals surface area contributed by atoms with Gasteiger partial charge in [0.05, 0.1) is 24.7 Å². The Morgan fingerprint density at radius 2 is 1.89 bits per heavy atom. The van der Waals surface area contributed by atoms with Crippen LogP contribution in [0.5, 0.6) is 0 Å². The summed E-state index contributed by atoms with van der Waals surface area (Å²) in [5, 5.41) is 31.5. The maximum absolute atomic E-state index is 12.0. The van der Waals surface area contributed by atoms with E-state index in [9.17, 15) is 24.6 Å². The third-order valence-corrected chi connectivity index (χ3v) is 4.89. The van der Waals surface area contributed by atoms with Crippen molar-refractivity contribution in [3.05, 3.63) is 0 Å². The highest BCUT2D eigenvalue weighted by atomic mass is 16.5. The van der Waals surface area contributed by atoms with Crippen molar-refractivity contribution in [1.82, 2.24) is 10.2 Å². The zero-order chi connectivity index (χ0) is 21.3. The van der Waals surface area contributed by atoms with Gasteiger partial charge in [-0.1, -0.05) is 27.2 Å². The van der Waals surface area contributed by atoms with E-state index in [1.54, 1.807) is 13.8 Å². The van der Waals surface area contributed by atoms with Crippen molar-refractivity contribution in [3.63, 3.8) is 0 Å². The minimum atomic E-state index is -1.12. The summed E-state index contributed by atoms with van der Waals surface area (Å²) in [5.74, 6) is -2.50. The molecule has 0 aromatic rings. The van der Waals surface area contributed by atoms with Crippen LogP contribution in [0.15, 0.2) is 0 Å². The molecule has 4 atom stereocenters. The molecule has 0 bridgehead atoms. The Morgan fingerprint density at radius 1 is 1.21 bits per heavy atom. The summed E-state index contributed by atoms with van der Waals surface area (Å²) in [6.07, 6.45) is 0.379. The van der Waals surface area contributed by atoms with E-state index < -0.39 is 36.1 Å². The van der Waals surface area contributed by atoms with Crippen molar-refractivity contribution in [1.29, 1.82) is 0 Å². The number of esters is 1. The molecule has 9 nitrogen and oxygen atoms in total. The third kappa shape index (κ3) is 8.12. The number of carboxylic acids is 1. The van der Waals surface area contributed by atoms with E-state index in [1.807, 2.05) is 11.8 Å². The zero-order valence-electron chi connectivity index (χ0n) is 17.0. The predicted molar refractivity (Wildman–Crippen MR) is 101 cm³/mol. The van der Waals surface area contributed by atoms with Crippen molar-refractivity contribution in [2.45, 2.75) is 77.2 Å². The average molecular weight is 402 g/mol. The standard InChI is InChI=1S/C19H34N2O7/c1-4-5-8-21-10-13(22)9-15(23)14(21)11-28-17(25)7-6-16(24)20-18(12(2)3)19(26)27/h12-15,18,22-23H,4-11H2,1-3H3,(H,20,24)(H,26,27)/t13-,14-,15+,18+/m1/s1. The molecular weight excluding hydrogens is 368 g/mol. The molecule has 0 saturated carbocycles. The number of hydrogen-bond donors (Lipinski definition) is 4. The Morgan fingerprint density at radius 3 is 2.46 bits per heavy atom. The number of rotatable bonds is 11. The number of hydrogen-bond acceptors (Lipinski definition) is 7. The van der Waals surface area contributed by atoms with E-state index in [2.05, 4.69) is 5.32 Å². The van der Waals surface area contributed by atoms with Gasteiger partial charge in [0.2, 0.25) is 5.91 Å². The lowest BCUT2D eigenvalue weighted by atomic mass is 9.97. The number of piperidine rings is 1. The molecule has 162 valence electrons. The lowest BCUT2D eigenvalue weighted by Gasteiger charge is -2.40. The summed E-state index contributed by atoms with van der Waals surface area (Å²) < 4.78 is 5.23. The van der Waals surface area contributed by atoms with Crippen LogP contribution in [0.4, 0.5) is 0 Å². The fourth-order valence-corrected chi connectivity index (χ4v) is 3.22. The van der Waals surface area contributed by atoms with E-state index in [0.717, 1.165) is 12.8 Å². The van der Waals surface area contributed by atoms with Crippen LogP contribution in [0, 0.1) is 5.92 Å². The van der Waals surface area contributed by atoms with Gasteiger partial charge in [0.25, 0.3) is 0 Å². The molecule has 1 fully saturated rings. The van der Waals surface area contributed by atoms with Gasteiger partial charge < -0.3 is 25.4 Å². The molecule has 1 amide bonds. The Hall–Kier alpha value is -1.71. The SMILES string of the molecule is CCCCN1C[C@H](O)C[C@H](O)[C@H]1COC(=O)CCC(=O)N[C@H](C(=O)O)C(C)C. The average Bonchev–Trinajstić information content (AvgIpc) is 2.61. The Balaban J connectivity index is 2.45. The topological polar surface area (TPSA) is 136 Å². The van der Waals surface area contributed by atoms with Crippen molar-refractivity contribution >= 4 is 17.8 Å². The van der Waals surface area contributed by atoms with Gasteiger partial charge in [0.1, 0.15) is 12.6 Å². The van der Waals surface area contributed by atoms with Crippen LogP contribution in [0.3, 0.4) is 0 Å². The molecule has 0 aromatic carbocycles. The molecule has 0 aromatic heterocycles. The molecule has 1 saturated heterocycles. The second kappa shape index (κ2) is 12.0. The summed E-state index contributed by atoms with van der Waals surface area (Å²) in [6, 6.07) is -1.38. The molecule has 0 radical (unpaired) electrons. The maximum atomic E-state index is 12.0. The van der Waals surface area contributed by atoms with Gasteiger partial charge >= 0.3 is 11.9 Å². The van der Waals surface area contributed by atoms with Crippen molar-refractivity contribution in [2.75, 3.05) is 19.7 Å². The van der Waals surface area contributed by atoms with Crippen LogP contribution in [-0.2, 0) is 19.1 Å². The van der Waals surface area contributed by atoms with E-state index in [1.165, 1.54) is 0 Å². The number of unbranched alkanes of at least 4 members (excludes halogenated alkanes) is 1. The van der Waals surface area contributed by atoms with Crippen LogP contribution in [0.2, 0.25) is 0 Å². The van der Waals surface area contributed by atoms with E-state index in [-0.39, 0.29) is 37.8 Å². The quantitative estimate of drug-likeness (QED) is 0.358. The van der Waals surface area contributed by atoms with Gasteiger partial charge in [-0.2, -0.15) is 0 Å². The zero-order valence-corrected chi connectivity index (χ0v) is 17.0. The molecule has 1 heterocycles. The van der Waals surface area contributed by atoms with E-state index in [4.69, 9.17) is 9.84 Å². The van der Waals surface area contributed by atoms with Crippen LogP contribution in [-0.4, -0.2) is 82.1 Å². The summed E-state index contributed by atoms with van der Waals surface area (Å²) in [5.41, 5.74) is 0. The Kier molecular flexibility index (Phi) is 10.4. The second-order valence-corrected chi connectivity index (χ2v) is 7.68. The number of nitrogens with zero attached hydrogens (tertiary/aromatic N) is 1. The smallest absolute Gasteiger partial charge is 0.326 e. The fraction of sp³-hybridized carbons (Fsp3) is 0.842. The van der Waals surface area contributed by atoms with Crippen LogP contribution < -0.4 is 5.32 Å². The van der Waals surface area contributed by atoms with Gasteiger partial charge in [-0.15, -0.1) is 0 Å². The van der Waals surface area contributed by atoms with Gasteiger partial charge in [0, 0.05) is 19.4 Å². The largest absolute Gasteiger partial charge is 0.480 e. The number of aliphatic carboxylic acids is 1. The Bertz CT molecular complexity index is 526. The number of aliphatic hydroxyl groups excluding tert-OH is 2. The number of carbonyl (C=O) groups is 3. The van der Waals surface area contributed by atoms with Crippen molar-refractivity contribution < 1.29 is 34.4 Å². The van der Waals surface area contributed by atoms with Crippen LogP contribution in [0.25, 0.3) is 0 Å². The van der Waals surface area contributed by atoms with Crippen LogP contribution >= 0.6 is 0 Å². The fourth-order valence-electron chi connectivity index (χ4n) is 3.22. The number of nitrogens with one attached hydrogen (secondary N) is 1. The molecule has 1 rings (SSSR count). The normalized spacial score (nSPS) is 24.0. The molecule has 0 unspecified atom stereocenters. The summed E-state index contributed by atoms with van der Waals surface area (Å²) in [4.78, 5) is 36.9. The molecule has 28 heavy (non-hydrogen) atoms. The molecule has 1 aliphatic heterocycles. The number of carbonyl (C=O) groups excluding carboxylic acids is 2. The molecule has 4 N–H and O–H groups in total. The first kappa shape index (κ1) is 24.3. The summed E-state index contributed by atoms with van der Waals surface area (Å²) in [6.45, 7) is 6.52. The first-order valence-corrected chi connectivity index (χ1v) is 9.93. The number of aliphatic hydroxyl groups is 2. The molecule has 1 aliphatic rings. The summed E-state index contributed by atoms with van der Waals surface area (Å²) in [7, 11) is 0.